The molecule has 0 bridgehead atoms. The van der Waals surface area contributed by atoms with Crippen LogP contribution < -0.4 is 15.4 Å². The third-order valence-corrected chi connectivity index (χ3v) is 3.75. The van der Waals surface area contributed by atoms with E-state index >= 15 is 0 Å². The summed E-state index contributed by atoms with van der Waals surface area (Å²) in [6.07, 6.45) is 2.34. The Labute approximate surface area is 130 Å². The molecule has 22 heavy (non-hydrogen) atoms. The third kappa shape index (κ3) is 4.73. The molecule has 2 atom stereocenters. The zero-order chi connectivity index (χ0) is 15.9. The van der Waals surface area contributed by atoms with Crippen molar-refractivity contribution in [3.05, 3.63) is 29.8 Å². The van der Waals surface area contributed by atoms with Gasteiger partial charge in [0.05, 0.1) is 5.92 Å². The van der Waals surface area contributed by atoms with Crippen LogP contribution in [0.5, 0.6) is 5.75 Å². The Morgan fingerprint density at radius 3 is 2.82 bits per heavy atom. The smallest absolute Gasteiger partial charge is 0.309 e. The van der Waals surface area contributed by atoms with Crippen LogP contribution in [0.15, 0.2) is 24.3 Å². The molecule has 1 fully saturated rings. The Bertz CT molecular complexity index is 510. The number of benzene rings is 1. The van der Waals surface area contributed by atoms with Crippen LogP contribution >= 0.6 is 0 Å². The molecule has 0 aromatic heterocycles. The molecule has 1 aliphatic heterocycles. The minimum atomic E-state index is -0.872. The van der Waals surface area contributed by atoms with Gasteiger partial charge in [-0.2, -0.15) is 0 Å². The van der Waals surface area contributed by atoms with E-state index < -0.39 is 11.9 Å². The second-order valence-electron chi connectivity index (χ2n) is 5.62. The van der Waals surface area contributed by atoms with Crippen LogP contribution in [0.2, 0.25) is 0 Å². The summed E-state index contributed by atoms with van der Waals surface area (Å²) in [4.78, 5) is 10.7. The third-order valence-electron chi connectivity index (χ3n) is 3.75. The van der Waals surface area contributed by atoms with E-state index in [1.807, 2.05) is 0 Å². The molecule has 0 aliphatic carbocycles. The van der Waals surface area contributed by atoms with Gasteiger partial charge in [-0.05, 0) is 50.6 Å². The number of ether oxygens (including phenoxy) is 1. The van der Waals surface area contributed by atoms with Gasteiger partial charge in [0.25, 0.3) is 0 Å². The minimum Gasteiger partial charge on any atom is -0.493 e. The van der Waals surface area contributed by atoms with Crippen molar-refractivity contribution in [3.8, 4) is 5.75 Å². The molecule has 4 N–H and O–H groups in total. The zero-order valence-electron chi connectivity index (χ0n) is 12.8. The number of carboxylic acid groups (broad SMARTS) is 1. The molecular formula is C16H23N3O3. The summed E-state index contributed by atoms with van der Waals surface area (Å²) in [6, 6.07) is 7.57. The van der Waals surface area contributed by atoms with Gasteiger partial charge in [-0.15, -0.1) is 0 Å². The number of carbonyl (C=O) groups is 1. The molecule has 2 unspecified atom stereocenters. The van der Waals surface area contributed by atoms with Crippen LogP contribution in [0.4, 0.5) is 0 Å². The van der Waals surface area contributed by atoms with Crippen LogP contribution in [0.3, 0.4) is 0 Å². The van der Waals surface area contributed by atoms with E-state index in [1.54, 1.807) is 31.2 Å². The van der Waals surface area contributed by atoms with Gasteiger partial charge in [-0.3, -0.25) is 10.2 Å². The van der Waals surface area contributed by atoms with Gasteiger partial charge in [0.15, 0.2) is 0 Å². The first-order chi connectivity index (χ1) is 10.6. The summed E-state index contributed by atoms with van der Waals surface area (Å²) in [7, 11) is 0. The van der Waals surface area contributed by atoms with Crippen molar-refractivity contribution in [2.24, 2.45) is 5.92 Å². The second-order valence-corrected chi connectivity index (χ2v) is 5.62. The standard InChI is InChI=1S/C16H23N3O3/c1-11(16(20)21)10-22-14-6-4-12(5-7-14)15(17)19-9-13-3-2-8-18-13/h4-7,11,13,18H,2-3,8-10H2,1H3,(H2,17,19)(H,20,21). The Balaban J connectivity index is 1.80. The van der Waals surface area contributed by atoms with Crippen molar-refractivity contribution in [2.75, 3.05) is 19.7 Å². The molecule has 1 aromatic carbocycles. The lowest BCUT2D eigenvalue weighted by Crippen LogP contribution is -2.37. The van der Waals surface area contributed by atoms with Gasteiger partial charge in [-0.25, -0.2) is 0 Å². The van der Waals surface area contributed by atoms with Crippen LogP contribution in [0.1, 0.15) is 25.3 Å². The Morgan fingerprint density at radius 2 is 2.23 bits per heavy atom. The van der Waals surface area contributed by atoms with E-state index in [4.69, 9.17) is 15.3 Å². The Morgan fingerprint density at radius 1 is 1.50 bits per heavy atom. The van der Waals surface area contributed by atoms with Crippen LogP contribution in [-0.4, -0.2) is 42.6 Å². The predicted octanol–water partition coefficient (Wildman–Crippen LogP) is 1.45. The highest BCUT2D eigenvalue weighted by molar-refractivity contribution is 5.96. The number of rotatable bonds is 7. The number of aliphatic carboxylic acids is 1. The molecule has 1 aliphatic rings. The predicted molar refractivity (Wildman–Crippen MR) is 84.6 cm³/mol. The normalized spacial score (nSPS) is 18.7. The Hall–Kier alpha value is -2.08. The molecule has 0 saturated carbocycles. The van der Waals surface area contributed by atoms with Crippen molar-refractivity contribution in [1.82, 2.24) is 10.6 Å². The van der Waals surface area contributed by atoms with Gasteiger partial charge in [0.1, 0.15) is 18.2 Å². The highest BCUT2D eigenvalue weighted by Gasteiger charge is 2.14. The largest absolute Gasteiger partial charge is 0.493 e. The molecule has 0 amide bonds. The highest BCUT2D eigenvalue weighted by atomic mass is 16.5. The average Bonchev–Trinajstić information content (AvgIpc) is 3.04. The molecule has 1 saturated heterocycles. The second kappa shape index (κ2) is 7.79. The van der Waals surface area contributed by atoms with Gasteiger partial charge in [-0.1, -0.05) is 0 Å². The molecule has 0 spiro atoms. The number of nitrogens with one attached hydrogen (secondary N) is 3. The Kier molecular flexibility index (Phi) is 5.77. The quantitative estimate of drug-likeness (QED) is 0.452. The minimum absolute atomic E-state index is 0.137. The van der Waals surface area contributed by atoms with Gasteiger partial charge in [0.2, 0.25) is 0 Å². The van der Waals surface area contributed by atoms with Gasteiger partial charge in [0, 0.05) is 18.2 Å². The maximum Gasteiger partial charge on any atom is 0.309 e. The topological polar surface area (TPSA) is 94.4 Å². The van der Waals surface area contributed by atoms with E-state index in [-0.39, 0.29) is 6.61 Å². The highest BCUT2D eigenvalue weighted by Crippen LogP contribution is 2.13. The van der Waals surface area contributed by atoms with Crippen molar-refractivity contribution in [1.29, 1.82) is 5.41 Å². The van der Waals surface area contributed by atoms with Crippen molar-refractivity contribution < 1.29 is 14.6 Å². The fourth-order valence-corrected chi connectivity index (χ4v) is 2.27. The number of hydrogen-bond acceptors (Lipinski definition) is 4. The van der Waals surface area contributed by atoms with Crippen LogP contribution in [0.25, 0.3) is 0 Å². The monoisotopic (exact) mass is 305 g/mol. The first-order valence-electron chi connectivity index (χ1n) is 7.58. The maximum atomic E-state index is 10.7. The SMILES string of the molecule is CC(COc1ccc(C(=N)NCC2CCCN2)cc1)C(=O)O. The van der Waals surface area contributed by atoms with E-state index in [1.165, 1.54) is 6.42 Å². The van der Waals surface area contributed by atoms with Crippen molar-refractivity contribution in [3.63, 3.8) is 0 Å². The molecule has 1 heterocycles. The molecule has 120 valence electrons. The van der Waals surface area contributed by atoms with E-state index in [2.05, 4.69) is 10.6 Å². The molecule has 1 aromatic rings. The first-order valence-corrected chi connectivity index (χ1v) is 7.58. The first kappa shape index (κ1) is 16.3. The number of hydrogen-bond donors (Lipinski definition) is 4. The lowest BCUT2D eigenvalue weighted by molar-refractivity contribution is -0.142. The van der Waals surface area contributed by atoms with E-state index in [0.717, 1.165) is 25.1 Å². The summed E-state index contributed by atoms with van der Waals surface area (Å²) in [5.41, 5.74) is 0.789. The van der Waals surface area contributed by atoms with Crippen molar-refractivity contribution >= 4 is 11.8 Å². The van der Waals surface area contributed by atoms with E-state index in [0.29, 0.717) is 17.6 Å². The maximum absolute atomic E-state index is 10.7. The van der Waals surface area contributed by atoms with Crippen LogP contribution in [-0.2, 0) is 4.79 Å². The van der Waals surface area contributed by atoms with Crippen LogP contribution in [0, 0.1) is 11.3 Å². The lowest BCUT2D eigenvalue weighted by atomic mass is 10.1. The lowest BCUT2D eigenvalue weighted by Gasteiger charge is -2.14. The number of amidine groups is 1. The van der Waals surface area contributed by atoms with Gasteiger partial charge < -0.3 is 20.5 Å². The van der Waals surface area contributed by atoms with Crippen molar-refractivity contribution in [2.45, 2.75) is 25.8 Å². The fraction of sp³-hybridized carbons (Fsp3) is 0.500. The summed E-state index contributed by atoms with van der Waals surface area (Å²) in [6.45, 7) is 3.55. The molecule has 2 rings (SSSR count). The van der Waals surface area contributed by atoms with Gasteiger partial charge >= 0.3 is 5.97 Å². The molecule has 6 nitrogen and oxygen atoms in total. The summed E-state index contributed by atoms with van der Waals surface area (Å²) < 4.78 is 5.42. The summed E-state index contributed by atoms with van der Waals surface area (Å²) in [5.74, 6) is -0.414. The van der Waals surface area contributed by atoms with E-state index in [9.17, 15) is 4.79 Å². The summed E-state index contributed by atoms with van der Waals surface area (Å²) >= 11 is 0. The number of carboxylic acids is 1. The molecular weight excluding hydrogens is 282 g/mol. The summed E-state index contributed by atoms with van der Waals surface area (Å²) in [5, 5.41) is 23.3. The zero-order valence-corrected chi connectivity index (χ0v) is 12.8. The molecule has 6 heteroatoms. The molecule has 0 radical (unpaired) electrons. The fourth-order valence-electron chi connectivity index (χ4n) is 2.27. The average molecular weight is 305 g/mol.